The number of halogens is 1. The molecule has 2 aromatic rings. The maximum absolute atomic E-state index is 12.8. The molecule has 0 bridgehead atoms. The molecular weight excluding hydrogens is 362 g/mol. The number of urea groups is 1. The zero-order valence-electron chi connectivity index (χ0n) is 15.2. The normalized spacial score (nSPS) is 19.8. The lowest BCUT2D eigenvalue weighted by Gasteiger charge is -2.35. The Morgan fingerprint density at radius 3 is 2.15 bits per heavy atom. The predicted molar refractivity (Wildman–Crippen MR) is 107 cm³/mol. The van der Waals surface area contributed by atoms with E-state index in [1.807, 2.05) is 48.5 Å². The van der Waals surface area contributed by atoms with Crippen molar-refractivity contribution in [1.82, 2.24) is 14.7 Å². The number of piperazine rings is 1. The molecule has 2 aliphatic rings. The molecule has 1 atom stereocenters. The van der Waals surface area contributed by atoms with Crippen LogP contribution in [0, 0.1) is 0 Å². The molecule has 0 N–H and O–H groups in total. The molecule has 2 saturated heterocycles. The smallest absolute Gasteiger partial charge is 0.310 e. The average Bonchev–Trinajstić information content (AvgIpc) is 2.92. The molecule has 6 heteroatoms. The first-order valence-electron chi connectivity index (χ1n) is 9.14. The molecule has 4 rings (SSSR count). The van der Waals surface area contributed by atoms with E-state index in [9.17, 15) is 9.59 Å². The fraction of sp³-hybridized carbons (Fsp3) is 0.333. The SMILES string of the molecule is Cl.O=C1C2CN(Cc3ccccc3)CCN2C(=O)N1CCc1ccccc1. The molecule has 2 fully saturated rings. The molecule has 2 aliphatic heterocycles. The molecule has 2 heterocycles. The van der Waals surface area contributed by atoms with Gasteiger partial charge < -0.3 is 4.90 Å². The number of amides is 3. The molecule has 1 unspecified atom stereocenters. The Hall–Kier alpha value is -2.37. The van der Waals surface area contributed by atoms with Gasteiger partial charge in [-0.2, -0.15) is 0 Å². The van der Waals surface area contributed by atoms with Crippen molar-refractivity contribution in [1.29, 1.82) is 0 Å². The predicted octanol–water partition coefficient (Wildman–Crippen LogP) is 2.80. The molecule has 5 nitrogen and oxygen atoms in total. The Labute approximate surface area is 166 Å². The largest absolute Gasteiger partial charge is 0.327 e. The van der Waals surface area contributed by atoms with Gasteiger partial charge in [0.25, 0.3) is 5.91 Å². The number of benzene rings is 2. The highest BCUT2D eigenvalue weighted by Crippen LogP contribution is 2.23. The van der Waals surface area contributed by atoms with Gasteiger partial charge in [0.2, 0.25) is 0 Å². The van der Waals surface area contributed by atoms with Gasteiger partial charge in [-0.15, -0.1) is 12.4 Å². The Bertz CT molecular complexity index is 785. The minimum atomic E-state index is -0.337. The number of hydrogen-bond donors (Lipinski definition) is 0. The van der Waals surface area contributed by atoms with E-state index in [-0.39, 0.29) is 30.4 Å². The van der Waals surface area contributed by atoms with Gasteiger partial charge in [0, 0.05) is 32.7 Å². The number of nitrogens with zero attached hydrogens (tertiary/aromatic N) is 3. The van der Waals surface area contributed by atoms with Gasteiger partial charge in [0.1, 0.15) is 6.04 Å². The van der Waals surface area contributed by atoms with Crippen molar-refractivity contribution < 1.29 is 9.59 Å². The van der Waals surface area contributed by atoms with Crippen molar-refractivity contribution in [2.45, 2.75) is 19.0 Å². The molecule has 0 aliphatic carbocycles. The fourth-order valence-electron chi connectivity index (χ4n) is 3.79. The van der Waals surface area contributed by atoms with E-state index >= 15 is 0 Å². The first-order valence-corrected chi connectivity index (χ1v) is 9.14. The third-order valence-electron chi connectivity index (χ3n) is 5.21. The standard InChI is InChI=1S/C21H23N3O2.ClH/c25-20-19-16-22(15-18-9-5-2-6-10-18)13-14-23(19)21(26)24(20)12-11-17-7-3-1-4-8-17;/h1-10,19H,11-16H2;1H. The first-order chi connectivity index (χ1) is 12.7. The number of imide groups is 1. The van der Waals surface area contributed by atoms with Gasteiger partial charge in [-0.05, 0) is 17.5 Å². The van der Waals surface area contributed by atoms with Crippen LogP contribution >= 0.6 is 12.4 Å². The van der Waals surface area contributed by atoms with Crippen LogP contribution in [0.3, 0.4) is 0 Å². The van der Waals surface area contributed by atoms with E-state index in [1.54, 1.807) is 4.90 Å². The molecule has 0 radical (unpaired) electrons. The maximum atomic E-state index is 12.8. The second-order valence-electron chi connectivity index (χ2n) is 6.94. The second-order valence-corrected chi connectivity index (χ2v) is 6.94. The summed E-state index contributed by atoms with van der Waals surface area (Å²) in [6.45, 7) is 3.30. The molecule has 0 aromatic heterocycles. The van der Waals surface area contributed by atoms with Crippen LogP contribution in [0.4, 0.5) is 4.79 Å². The van der Waals surface area contributed by atoms with Crippen LogP contribution in [0.5, 0.6) is 0 Å². The molecule has 2 aromatic carbocycles. The Morgan fingerprint density at radius 1 is 0.852 bits per heavy atom. The van der Waals surface area contributed by atoms with E-state index in [1.165, 1.54) is 10.5 Å². The van der Waals surface area contributed by atoms with Crippen LogP contribution in [0.2, 0.25) is 0 Å². The summed E-state index contributed by atoms with van der Waals surface area (Å²) in [5, 5.41) is 0. The lowest BCUT2D eigenvalue weighted by molar-refractivity contribution is -0.129. The van der Waals surface area contributed by atoms with Gasteiger partial charge >= 0.3 is 6.03 Å². The highest BCUT2D eigenvalue weighted by molar-refractivity contribution is 6.04. The van der Waals surface area contributed by atoms with E-state index < -0.39 is 0 Å². The minimum absolute atomic E-state index is 0. The molecular formula is C21H24ClN3O2. The quantitative estimate of drug-likeness (QED) is 0.743. The van der Waals surface area contributed by atoms with Crippen molar-refractivity contribution >= 4 is 24.3 Å². The number of carbonyl (C=O) groups excluding carboxylic acids is 2. The van der Waals surface area contributed by atoms with Crippen LogP contribution < -0.4 is 0 Å². The summed E-state index contributed by atoms with van der Waals surface area (Å²) in [5.41, 5.74) is 2.38. The lowest BCUT2D eigenvalue weighted by Crippen LogP contribution is -2.52. The van der Waals surface area contributed by atoms with Crippen molar-refractivity contribution in [2.24, 2.45) is 0 Å². The Morgan fingerprint density at radius 2 is 1.48 bits per heavy atom. The van der Waals surface area contributed by atoms with Crippen molar-refractivity contribution in [3.05, 3.63) is 71.8 Å². The molecule has 0 spiro atoms. The molecule has 0 saturated carbocycles. The van der Waals surface area contributed by atoms with E-state index in [4.69, 9.17) is 0 Å². The molecule has 3 amide bonds. The monoisotopic (exact) mass is 385 g/mol. The van der Waals surface area contributed by atoms with Crippen LogP contribution in [0.15, 0.2) is 60.7 Å². The summed E-state index contributed by atoms with van der Waals surface area (Å²) in [7, 11) is 0. The third kappa shape index (κ3) is 4.15. The Kier molecular flexibility index (Phi) is 6.14. The van der Waals surface area contributed by atoms with Crippen molar-refractivity contribution in [3.8, 4) is 0 Å². The van der Waals surface area contributed by atoms with Crippen LogP contribution in [0.1, 0.15) is 11.1 Å². The average molecular weight is 386 g/mol. The van der Waals surface area contributed by atoms with Crippen LogP contribution in [-0.2, 0) is 17.8 Å². The lowest BCUT2D eigenvalue weighted by atomic mass is 10.1. The maximum Gasteiger partial charge on any atom is 0.327 e. The van der Waals surface area contributed by atoms with Gasteiger partial charge in [0.15, 0.2) is 0 Å². The summed E-state index contributed by atoms with van der Waals surface area (Å²) in [5.74, 6) is -0.0521. The fourth-order valence-corrected chi connectivity index (χ4v) is 3.79. The van der Waals surface area contributed by atoms with Gasteiger partial charge in [-0.1, -0.05) is 60.7 Å². The zero-order chi connectivity index (χ0) is 17.9. The highest BCUT2D eigenvalue weighted by Gasteiger charge is 2.47. The number of rotatable bonds is 5. The van der Waals surface area contributed by atoms with Crippen LogP contribution in [-0.4, -0.2) is 58.9 Å². The van der Waals surface area contributed by atoms with Gasteiger partial charge in [-0.25, -0.2) is 4.79 Å². The van der Waals surface area contributed by atoms with E-state index in [0.29, 0.717) is 26.1 Å². The number of fused-ring (bicyclic) bond motifs is 1. The van der Waals surface area contributed by atoms with Gasteiger partial charge in [-0.3, -0.25) is 14.6 Å². The third-order valence-corrected chi connectivity index (χ3v) is 5.21. The highest BCUT2D eigenvalue weighted by atomic mass is 35.5. The molecule has 27 heavy (non-hydrogen) atoms. The van der Waals surface area contributed by atoms with Crippen molar-refractivity contribution in [2.75, 3.05) is 26.2 Å². The molecule has 142 valence electrons. The van der Waals surface area contributed by atoms with Crippen LogP contribution in [0.25, 0.3) is 0 Å². The number of hydrogen-bond acceptors (Lipinski definition) is 3. The summed E-state index contributed by atoms with van der Waals surface area (Å²) >= 11 is 0. The summed E-state index contributed by atoms with van der Waals surface area (Å²) < 4.78 is 0. The topological polar surface area (TPSA) is 43.9 Å². The number of carbonyl (C=O) groups is 2. The van der Waals surface area contributed by atoms with E-state index in [0.717, 1.165) is 18.7 Å². The van der Waals surface area contributed by atoms with E-state index in [2.05, 4.69) is 17.0 Å². The second kappa shape index (κ2) is 8.55. The zero-order valence-corrected chi connectivity index (χ0v) is 16.0. The van der Waals surface area contributed by atoms with Crippen molar-refractivity contribution in [3.63, 3.8) is 0 Å². The minimum Gasteiger partial charge on any atom is -0.310 e. The first kappa shape index (κ1) is 19.4. The summed E-state index contributed by atoms with van der Waals surface area (Å²) in [4.78, 5) is 30.9. The Balaban J connectivity index is 0.00000210. The van der Waals surface area contributed by atoms with Gasteiger partial charge in [0.05, 0.1) is 0 Å². The summed E-state index contributed by atoms with van der Waals surface area (Å²) in [6, 6.07) is 19.8. The summed E-state index contributed by atoms with van der Waals surface area (Å²) in [6.07, 6.45) is 0.701.